The highest BCUT2D eigenvalue weighted by molar-refractivity contribution is 5.86. The van der Waals surface area contributed by atoms with Crippen LogP contribution in [0.25, 0.3) is 0 Å². The Balaban J connectivity index is 1.60. The van der Waals surface area contributed by atoms with Gasteiger partial charge in [-0.15, -0.1) is 0 Å². The Hall–Kier alpha value is -0.940. The molecule has 0 unspecified atom stereocenters. The molecule has 182 valence electrons. The summed E-state index contributed by atoms with van der Waals surface area (Å²) in [4.78, 5) is 25.2. The summed E-state index contributed by atoms with van der Waals surface area (Å²) in [6.45, 7) is 9.08. The van der Waals surface area contributed by atoms with Gasteiger partial charge < -0.3 is 14.9 Å². The molecule has 4 aliphatic rings. The van der Waals surface area contributed by atoms with E-state index >= 15 is 0 Å². The first kappa shape index (κ1) is 24.2. The number of ether oxygens (including phenoxy) is 1. The number of aliphatic carboxylic acids is 1. The summed E-state index contributed by atoms with van der Waals surface area (Å²) in [6, 6.07) is 0. The van der Waals surface area contributed by atoms with Gasteiger partial charge in [0.15, 0.2) is 0 Å². The number of hydrogen-bond donors (Lipinski definition) is 2. The van der Waals surface area contributed by atoms with Crippen LogP contribution >= 0.6 is 0 Å². The van der Waals surface area contributed by atoms with Crippen molar-refractivity contribution >= 4 is 11.8 Å². The molecule has 0 spiro atoms. The fourth-order valence-electron chi connectivity index (χ4n) is 9.40. The van der Waals surface area contributed by atoms with Gasteiger partial charge >= 0.3 is 5.97 Å². The van der Waals surface area contributed by atoms with Crippen molar-refractivity contribution in [3.05, 3.63) is 0 Å². The van der Waals surface area contributed by atoms with E-state index in [1.807, 2.05) is 0 Å². The average Bonchev–Trinajstić information content (AvgIpc) is 3.10. The average molecular weight is 449 g/mol. The van der Waals surface area contributed by atoms with E-state index in [0.717, 1.165) is 51.4 Å². The van der Waals surface area contributed by atoms with Crippen molar-refractivity contribution < 1.29 is 24.5 Å². The highest BCUT2D eigenvalue weighted by atomic mass is 16.6. The predicted molar refractivity (Wildman–Crippen MR) is 123 cm³/mol. The molecule has 0 bridgehead atoms. The molecule has 4 saturated carbocycles. The zero-order valence-corrected chi connectivity index (χ0v) is 20.5. The van der Waals surface area contributed by atoms with Crippen molar-refractivity contribution in [2.24, 2.45) is 52.3 Å². The molecule has 5 heteroatoms. The Morgan fingerprint density at radius 3 is 2.44 bits per heavy atom. The fraction of sp³-hybridized carbons (Fsp3) is 0.926. The molecule has 0 aromatic heterocycles. The molecule has 4 rings (SSSR count). The number of fused-ring (bicyclic) bond motifs is 5. The third-order valence-electron chi connectivity index (χ3n) is 11.0. The first-order valence-electron chi connectivity index (χ1n) is 13.1. The van der Waals surface area contributed by atoms with E-state index in [0.29, 0.717) is 35.4 Å². The molecule has 0 heterocycles. The lowest BCUT2D eigenvalue weighted by molar-refractivity contribution is -0.179. The first-order valence-corrected chi connectivity index (χ1v) is 13.1. The monoisotopic (exact) mass is 448 g/mol. The van der Waals surface area contributed by atoms with Crippen LogP contribution in [0.4, 0.5) is 0 Å². The summed E-state index contributed by atoms with van der Waals surface area (Å²) in [5.74, 6) is 2.29. The number of aliphatic hydroxyl groups is 1. The van der Waals surface area contributed by atoms with Gasteiger partial charge in [0.1, 0.15) is 12.6 Å². The van der Waals surface area contributed by atoms with Crippen LogP contribution in [0.15, 0.2) is 0 Å². The minimum Gasteiger partial charge on any atom is -0.481 e. The third-order valence-corrected chi connectivity index (χ3v) is 11.0. The fourth-order valence-corrected chi connectivity index (χ4v) is 9.40. The lowest BCUT2D eigenvalue weighted by Gasteiger charge is -2.62. The molecule has 32 heavy (non-hydrogen) atoms. The number of carboxylic acids is 1. The van der Waals surface area contributed by atoms with Crippen LogP contribution in [0.1, 0.15) is 91.9 Å². The second-order valence-electron chi connectivity index (χ2n) is 12.1. The largest absolute Gasteiger partial charge is 0.481 e. The smallest absolute Gasteiger partial charge is 0.303 e. The summed E-state index contributed by atoms with van der Waals surface area (Å²) < 4.78 is 5.61. The van der Waals surface area contributed by atoms with Gasteiger partial charge in [-0.1, -0.05) is 27.7 Å². The van der Waals surface area contributed by atoms with Crippen LogP contribution in [0.3, 0.4) is 0 Å². The van der Waals surface area contributed by atoms with Crippen LogP contribution < -0.4 is 0 Å². The number of carbonyl (C=O) groups excluding carboxylic acids is 1. The zero-order chi connectivity index (χ0) is 23.3. The van der Waals surface area contributed by atoms with Crippen LogP contribution in [-0.4, -0.2) is 34.9 Å². The summed E-state index contributed by atoms with van der Waals surface area (Å²) in [5, 5.41) is 18.5. The Kier molecular flexibility index (Phi) is 6.82. The van der Waals surface area contributed by atoms with Gasteiger partial charge in [-0.25, -0.2) is 0 Å². The molecule has 0 amide bonds. The van der Waals surface area contributed by atoms with Crippen LogP contribution in [0.5, 0.6) is 0 Å². The van der Waals surface area contributed by atoms with Gasteiger partial charge in [0.25, 0.3) is 0 Å². The maximum Gasteiger partial charge on any atom is 0.303 e. The van der Waals surface area contributed by atoms with E-state index in [1.165, 1.54) is 6.42 Å². The number of carboxylic acid groups (broad SMARTS) is 1. The SMILES string of the molecule is CC[C@H]1C(=O)[C@@H]2[C@H](CC[C@]3(C)[C@@H]([C@H](C)CCC(=O)O)CC[C@@H]23)[C@@]2(C)CC[C@@H](OCO)C[C@@H]12. The van der Waals surface area contributed by atoms with Crippen molar-refractivity contribution in [3.63, 3.8) is 0 Å². The lowest BCUT2D eigenvalue weighted by Crippen LogP contribution is -2.60. The van der Waals surface area contributed by atoms with Gasteiger partial charge in [0.05, 0.1) is 6.10 Å². The van der Waals surface area contributed by atoms with E-state index in [4.69, 9.17) is 4.74 Å². The second kappa shape index (κ2) is 9.02. The molecule has 0 saturated heterocycles. The normalized spacial score (nSPS) is 46.8. The molecular formula is C27H44O5. The van der Waals surface area contributed by atoms with E-state index in [9.17, 15) is 19.8 Å². The Morgan fingerprint density at radius 2 is 1.78 bits per heavy atom. The van der Waals surface area contributed by atoms with E-state index in [-0.39, 0.29) is 42.0 Å². The van der Waals surface area contributed by atoms with E-state index in [1.54, 1.807) is 0 Å². The van der Waals surface area contributed by atoms with E-state index < -0.39 is 5.97 Å². The highest BCUT2D eigenvalue weighted by Crippen LogP contribution is 2.68. The molecule has 10 atom stereocenters. The van der Waals surface area contributed by atoms with Crippen LogP contribution in [0, 0.1) is 52.3 Å². The van der Waals surface area contributed by atoms with Crippen molar-refractivity contribution in [2.75, 3.05) is 6.79 Å². The molecule has 4 aliphatic carbocycles. The second-order valence-corrected chi connectivity index (χ2v) is 12.1. The number of carbonyl (C=O) groups is 2. The Bertz CT molecular complexity index is 721. The molecule has 0 aromatic carbocycles. The zero-order valence-electron chi connectivity index (χ0n) is 20.5. The standard InChI is InChI=1S/C27H44O5/c1-5-18-22-14-17(32-15-28)10-12-27(22,4)21-11-13-26(3)19(16(2)6-9-23(29)30)7-8-20(26)24(21)25(18)31/h16-22,24,28H,5-15H2,1-4H3,(H,29,30)/t16-,17-,18-,19-,20+,21+,22+,24+,26-,27-/m1/s1. The molecule has 5 nitrogen and oxygen atoms in total. The summed E-state index contributed by atoms with van der Waals surface area (Å²) in [5.41, 5.74) is 0.344. The quantitative estimate of drug-likeness (QED) is 0.517. The van der Waals surface area contributed by atoms with Gasteiger partial charge in [-0.3, -0.25) is 9.59 Å². The summed E-state index contributed by atoms with van der Waals surface area (Å²) in [7, 11) is 0. The summed E-state index contributed by atoms with van der Waals surface area (Å²) in [6.07, 6.45) is 9.51. The number of Topliss-reactive ketones (excluding diaryl/α,β-unsaturated/α-hetero) is 1. The minimum atomic E-state index is -0.701. The van der Waals surface area contributed by atoms with Gasteiger partial charge in [-0.2, -0.15) is 0 Å². The molecule has 0 aliphatic heterocycles. The van der Waals surface area contributed by atoms with Gasteiger partial charge in [-0.05, 0) is 98.2 Å². The van der Waals surface area contributed by atoms with Gasteiger partial charge in [0.2, 0.25) is 0 Å². The number of aliphatic hydroxyl groups excluding tert-OH is 1. The third kappa shape index (κ3) is 3.76. The molecule has 2 N–H and O–H groups in total. The number of hydrogen-bond acceptors (Lipinski definition) is 4. The summed E-state index contributed by atoms with van der Waals surface area (Å²) >= 11 is 0. The van der Waals surface area contributed by atoms with Crippen LogP contribution in [0.2, 0.25) is 0 Å². The molecule has 0 radical (unpaired) electrons. The van der Waals surface area contributed by atoms with Crippen molar-refractivity contribution in [2.45, 2.75) is 98.0 Å². The lowest BCUT2D eigenvalue weighted by atomic mass is 9.42. The predicted octanol–water partition coefficient (Wildman–Crippen LogP) is 5.30. The Labute approximate surface area is 193 Å². The first-order chi connectivity index (χ1) is 15.2. The number of rotatable bonds is 7. The van der Waals surface area contributed by atoms with Gasteiger partial charge in [0, 0.05) is 18.3 Å². The topological polar surface area (TPSA) is 83.8 Å². The molecule has 4 fully saturated rings. The maximum absolute atomic E-state index is 14.1. The molecule has 0 aromatic rings. The highest BCUT2D eigenvalue weighted by Gasteiger charge is 2.65. The van der Waals surface area contributed by atoms with Crippen molar-refractivity contribution in [1.29, 1.82) is 0 Å². The van der Waals surface area contributed by atoms with E-state index in [2.05, 4.69) is 27.7 Å². The molecular weight excluding hydrogens is 404 g/mol. The number of ketones is 1. The maximum atomic E-state index is 14.1. The van der Waals surface area contributed by atoms with Crippen molar-refractivity contribution in [1.82, 2.24) is 0 Å². The Morgan fingerprint density at radius 1 is 1.09 bits per heavy atom. The van der Waals surface area contributed by atoms with Crippen molar-refractivity contribution in [3.8, 4) is 0 Å². The van der Waals surface area contributed by atoms with Crippen LogP contribution in [-0.2, 0) is 14.3 Å². The minimum absolute atomic E-state index is 0.0799.